The van der Waals surface area contributed by atoms with Crippen molar-refractivity contribution in [2.24, 2.45) is 0 Å². The number of nitro groups is 1. The number of ether oxygens (including phenoxy) is 2. The highest BCUT2D eigenvalue weighted by atomic mass is 16.6. The number of Topliss-reactive ketones (excluding diaryl/α,β-unsaturated/α-hetero) is 1. The van der Waals surface area contributed by atoms with Crippen LogP contribution in [0.1, 0.15) is 15.9 Å². The Morgan fingerprint density at radius 1 is 1.04 bits per heavy atom. The molecule has 0 bridgehead atoms. The third-order valence-electron chi connectivity index (χ3n) is 3.04. The molecule has 0 saturated carbocycles. The van der Waals surface area contributed by atoms with Crippen molar-refractivity contribution < 1.29 is 19.2 Å². The number of carbonyl (C=O) groups is 1. The van der Waals surface area contributed by atoms with Gasteiger partial charge in [-0.05, 0) is 12.0 Å². The van der Waals surface area contributed by atoms with Crippen LogP contribution in [0.5, 0.6) is 11.5 Å². The quantitative estimate of drug-likeness (QED) is 0.375. The Bertz CT molecular complexity index is 803. The molecule has 0 amide bonds. The maximum absolute atomic E-state index is 12.0. The largest absolute Gasteiger partial charge is 0.491 e. The zero-order valence-electron chi connectivity index (χ0n) is 12.5. The molecule has 0 fully saturated rings. The van der Waals surface area contributed by atoms with Crippen molar-refractivity contribution in [2.45, 2.75) is 0 Å². The molecular formula is C17H13NO5. The van der Waals surface area contributed by atoms with Gasteiger partial charge in [0.1, 0.15) is 0 Å². The molecule has 0 unspecified atom stereocenters. The van der Waals surface area contributed by atoms with E-state index in [4.69, 9.17) is 9.47 Å². The van der Waals surface area contributed by atoms with E-state index < -0.39 is 4.92 Å². The molecule has 0 heterocycles. The Hall–Kier alpha value is -3.33. The molecule has 6 heteroatoms. The van der Waals surface area contributed by atoms with Gasteiger partial charge in [0.05, 0.1) is 24.7 Å². The monoisotopic (exact) mass is 311 g/mol. The van der Waals surface area contributed by atoms with Gasteiger partial charge >= 0.3 is 5.69 Å². The number of ketones is 1. The second-order valence-electron chi connectivity index (χ2n) is 4.40. The van der Waals surface area contributed by atoms with E-state index in [0.29, 0.717) is 11.1 Å². The van der Waals surface area contributed by atoms with Crippen LogP contribution in [0.4, 0.5) is 5.69 Å². The second-order valence-corrected chi connectivity index (χ2v) is 4.40. The molecule has 2 aromatic rings. The van der Waals surface area contributed by atoms with E-state index in [0.717, 1.165) is 0 Å². The zero-order valence-corrected chi connectivity index (χ0v) is 12.5. The van der Waals surface area contributed by atoms with Crippen molar-refractivity contribution in [3.05, 3.63) is 63.7 Å². The number of nitrogens with zero attached hydrogens (tertiary/aromatic N) is 1. The summed E-state index contributed by atoms with van der Waals surface area (Å²) in [5, 5.41) is 11.0. The molecule has 0 radical (unpaired) electrons. The van der Waals surface area contributed by atoms with Crippen LogP contribution in [0, 0.1) is 22.0 Å². The number of methoxy groups -OCH3 is 2. The van der Waals surface area contributed by atoms with E-state index in [-0.39, 0.29) is 23.0 Å². The van der Waals surface area contributed by atoms with Crippen molar-refractivity contribution >= 4 is 11.5 Å². The highest BCUT2D eigenvalue weighted by Gasteiger charge is 2.22. The van der Waals surface area contributed by atoms with E-state index in [1.807, 2.05) is 0 Å². The van der Waals surface area contributed by atoms with Gasteiger partial charge in [0.15, 0.2) is 5.75 Å². The van der Waals surface area contributed by atoms with Gasteiger partial charge in [0.25, 0.3) is 0 Å². The highest BCUT2D eigenvalue weighted by molar-refractivity contribution is 6.09. The summed E-state index contributed by atoms with van der Waals surface area (Å²) in [5.41, 5.74) is 0.566. The molecule has 116 valence electrons. The summed E-state index contributed by atoms with van der Waals surface area (Å²) in [5.74, 6) is 4.90. The zero-order chi connectivity index (χ0) is 16.8. The predicted octanol–water partition coefficient (Wildman–Crippen LogP) is 2.85. The average molecular weight is 311 g/mol. The SMILES string of the molecule is COc1c(C#CC(=O)c2ccccc2)ccc([N+](=O)[O-])c1OC. The van der Waals surface area contributed by atoms with E-state index in [1.165, 1.54) is 26.4 Å². The third-order valence-corrected chi connectivity index (χ3v) is 3.04. The molecule has 0 aliphatic rings. The summed E-state index contributed by atoms with van der Waals surface area (Å²) in [7, 11) is 2.66. The Kier molecular flexibility index (Phi) is 4.95. The van der Waals surface area contributed by atoms with Gasteiger partial charge in [-0.3, -0.25) is 14.9 Å². The first-order valence-electron chi connectivity index (χ1n) is 6.59. The van der Waals surface area contributed by atoms with Crippen LogP contribution in [-0.2, 0) is 0 Å². The topological polar surface area (TPSA) is 78.7 Å². The number of rotatable bonds is 4. The lowest BCUT2D eigenvalue weighted by Crippen LogP contribution is -1.99. The van der Waals surface area contributed by atoms with Crippen molar-refractivity contribution in [3.63, 3.8) is 0 Å². The summed E-state index contributed by atoms with van der Waals surface area (Å²) >= 11 is 0. The molecule has 0 atom stereocenters. The molecule has 0 saturated heterocycles. The summed E-state index contributed by atoms with van der Waals surface area (Å²) in [6, 6.07) is 11.3. The lowest BCUT2D eigenvalue weighted by molar-refractivity contribution is -0.385. The minimum Gasteiger partial charge on any atom is -0.491 e. The minimum atomic E-state index is -0.576. The summed E-state index contributed by atoms with van der Waals surface area (Å²) in [6.45, 7) is 0. The minimum absolute atomic E-state index is 0.0311. The van der Waals surface area contributed by atoms with Crippen LogP contribution in [0.3, 0.4) is 0 Å². The fraction of sp³-hybridized carbons (Fsp3) is 0.118. The van der Waals surface area contributed by atoms with Crippen LogP contribution >= 0.6 is 0 Å². The van der Waals surface area contributed by atoms with Gasteiger partial charge < -0.3 is 9.47 Å². The summed E-state index contributed by atoms with van der Waals surface area (Å²) in [6.07, 6.45) is 0. The standard InChI is InChI=1S/C17H13NO5/c1-22-16-13(8-10-14(18(20)21)17(16)23-2)9-11-15(19)12-6-4-3-5-7-12/h3-8,10H,1-2H3. The Morgan fingerprint density at radius 3 is 2.26 bits per heavy atom. The molecule has 0 N–H and O–H groups in total. The first-order valence-corrected chi connectivity index (χ1v) is 6.59. The summed E-state index contributed by atoms with van der Waals surface area (Å²) < 4.78 is 10.2. The fourth-order valence-corrected chi connectivity index (χ4v) is 1.98. The predicted molar refractivity (Wildman–Crippen MR) is 83.9 cm³/mol. The van der Waals surface area contributed by atoms with Gasteiger partial charge in [-0.2, -0.15) is 0 Å². The number of hydrogen-bond donors (Lipinski definition) is 0. The van der Waals surface area contributed by atoms with E-state index in [9.17, 15) is 14.9 Å². The van der Waals surface area contributed by atoms with Gasteiger partial charge in [0.2, 0.25) is 11.5 Å². The Balaban J connectivity index is 2.44. The van der Waals surface area contributed by atoms with Crippen LogP contribution in [-0.4, -0.2) is 24.9 Å². The molecule has 0 spiro atoms. The molecule has 6 nitrogen and oxygen atoms in total. The van der Waals surface area contributed by atoms with E-state index in [1.54, 1.807) is 30.3 Å². The molecule has 0 aliphatic carbocycles. The first-order chi connectivity index (χ1) is 11.1. The van der Waals surface area contributed by atoms with Crippen molar-refractivity contribution in [1.82, 2.24) is 0 Å². The van der Waals surface area contributed by atoms with Gasteiger partial charge in [-0.1, -0.05) is 36.3 Å². The van der Waals surface area contributed by atoms with Crippen LogP contribution in [0.2, 0.25) is 0 Å². The van der Waals surface area contributed by atoms with Crippen LogP contribution in [0.25, 0.3) is 0 Å². The van der Waals surface area contributed by atoms with Gasteiger partial charge in [-0.15, -0.1) is 0 Å². The molecule has 23 heavy (non-hydrogen) atoms. The maximum Gasteiger partial charge on any atom is 0.314 e. The van der Waals surface area contributed by atoms with Crippen LogP contribution < -0.4 is 9.47 Å². The number of carbonyl (C=O) groups excluding carboxylic acids is 1. The number of nitro benzene ring substituents is 1. The Labute approximate surface area is 132 Å². The molecular weight excluding hydrogens is 298 g/mol. The van der Waals surface area contributed by atoms with Gasteiger partial charge in [-0.25, -0.2) is 0 Å². The summed E-state index contributed by atoms with van der Waals surface area (Å²) in [4.78, 5) is 22.4. The van der Waals surface area contributed by atoms with Crippen molar-refractivity contribution in [2.75, 3.05) is 14.2 Å². The third kappa shape index (κ3) is 3.47. The first kappa shape index (κ1) is 16.0. The van der Waals surface area contributed by atoms with Crippen molar-refractivity contribution in [3.8, 4) is 23.3 Å². The highest BCUT2D eigenvalue weighted by Crippen LogP contribution is 2.39. The average Bonchev–Trinajstić information content (AvgIpc) is 2.59. The molecule has 2 aromatic carbocycles. The van der Waals surface area contributed by atoms with Crippen molar-refractivity contribution in [1.29, 1.82) is 0 Å². The van der Waals surface area contributed by atoms with E-state index in [2.05, 4.69) is 11.8 Å². The Morgan fingerprint density at radius 2 is 1.70 bits per heavy atom. The number of benzene rings is 2. The lowest BCUT2D eigenvalue weighted by atomic mass is 10.1. The van der Waals surface area contributed by atoms with Gasteiger partial charge in [0, 0.05) is 11.6 Å². The molecule has 0 aliphatic heterocycles. The second kappa shape index (κ2) is 7.09. The molecule has 2 rings (SSSR count). The molecule has 0 aromatic heterocycles. The maximum atomic E-state index is 12.0. The normalized spacial score (nSPS) is 9.48. The van der Waals surface area contributed by atoms with E-state index >= 15 is 0 Å². The smallest absolute Gasteiger partial charge is 0.314 e. The van der Waals surface area contributed by atoms with Crippen LogP contribution in [0.15, 0.2) is 42.5 Å². The fourth-order valence-electron chi connectivity index (χ4n) is 1.98. The lowest BCUT2D eigenvalue weighted by Gasteiger charge is -2.09. The number of hydrogen-bond acceptors (Lipinski definition) is 5.